The number of nitrogens with zero attached hydrogens (tertiary/aromatic N) is 4. The summed E-state index contributed by atoms with van der Waals surface area (Å²) in [6.45, 7) is 5.92. The third-order valence-corrected chi connectivity index (χ3v) is 3.65. The van der Waals surface area contributed by atoms with E-state index in [-0.39, 0.29) is 0 Å². The first-order chi connectivity index (χ1) is 9.02. The van der Waals surface area contributed by atoms with Crippen molar-refractivity contribution in [2.45, 2.75) is 31.0 Å². The standard InChI is InChI=1S/C12H15N5OS/c1-6-7(2)16-12(17-8(6)3)19-11-9(18-4)10(13)14-5-15-11/h5H,1-4H3,(H2,13,14,15). The molecule has 2 rings (SSSR count). The van der Waals surface area contributed by atoms with E-state index < -0.39 is 0 Å². The summed E-state index contributed by atoms with van der Waals surface area (Å²) in [5.74, 6) is 0.757. The van der Waals surface area contributed by atoms with E-state index in [9.17, 15) is 0 Å². The Morgan fingerprint density at radius 2 is 1.74 bits per heavy atom. The number of rotatable bonds is 3. The number of hydrogen-bond acceptors (Lipinski definition) is 7. The predicted molar refractivity (Wildman–Crippen MR) is 73.4 cm³/mol. The van der Waals surface area contributed by atoms with Crippen molar-refractivity contribution in [2.75, 3.05) is 12.8 Å². The monoisotopic (exact) mass is 277 g/mol. The molecule has 2 aromatic heterocycles. The Balaban J connectivity index is 2.39. The van der Waals surface area contributed by atoms with Crippen molar-refractivity contribution in [1.82, 2.24) is 19.9 Å². The van der Waals surface area contributed by atoms with Gasteiger partial charge in [0.25, 0.3) is 0 Å². The molecule has 2 heterocycles. The average molecular weight is 277 g/mol. The first-order valence-electron chi connectivity index (χ1n) is 5.67. The van der Waals surface area contributed by atoms with Gasteiger partial charge in [-0.1, -0.05) is 0 Å². The Morgan fingerprint density at radius 3 is 2.32 bits per heavy atom. The molecule has 100 valence electrons. The minimum absolute atomic E-state index is 0.306. The molecule has 0 aliphatic rings. The molecule has 0 saturated heterocycles. The maximum atomic E-state index is 5.74. The van der Waals surface area contributed by atoms with Crippen LogP contribution in [0.15, 0.2) is 16.5 Å². The summed E-state index contributed by atoms with van der Waals surface area (Å²) in [6, 6.07) is 0. The van der Waals surface area contributed by atoms with E-state index >= 15 is 0 Å². The highest BCUT2D eigenvalue weighted by atomic mass is 32.2. The number of methoxy groups -OCH3 is 1. The van der Waals surface area contributed by atoms with Gasteiger partial charge in [-0.05, 0) is 38.1 Å². The van der Waals surface area contributed by atoms with Gasteiger partial charge >= 0.3 is 0 Å². The quantitative estimate of drug-likeness (QED) is 0.677. The van der Waals surface area contributed by atoms with Gasteiger partial charge in [0.1, 0.15) is 6.33 Å². The van der Waals surface area contributed by atoms with Crippen molar-refractivity contribution in [3.05, 3.63) is 23.3 Å². The van der Waals surface area contributed by atoms with Gasteiger partial charge in [0, 0.05) is 11.4 Å². The number of ether oxygens (including phenoxy) is 1. The fourth-order valence-corrected chi connectivity index (χ4v) is 2.43. The molecule has 6 nitrogen and oxygen atoms in total. The molecule has 2 aromatic rings. The minimum atomic E-state index is 0.306. The largest absolute Gasteiger partial charge is 0.490 e. The molecule has 19 heavy (non-hydrogen) atoms. The SMILES string of the molecule is COc1c(N)ncnc1Sc1nc(C)c(C)c(C)n1. The van der Waals surface area contributed by atoms with Gasteiger partial charge in [-0.2, -0.15) is 0 Å². The van der Waals surface area contributed by atoms with Gasteiger partial charge in [-0.3, -0.25) is 0 Å². The molecule has 0 spiro atoms. The molecular weight excluding hydrogens is 262 g/mol. The third-order valence-electron chi connectivity index (χ3n) is 2.80. The van der Waals surface area contributed by atoms with Crippen LogP contribution in [0.3, 0.4) is 0 Å². The van der Waals surface area contributed by atoms with E-state index in [2.05, 4.69) is 19.9 Å². The lowest BCUT2D eigenvalue weighted by atomic mass is 10.2. The van der Waals surface area contributed by atoms with Crippen LogP contribution < -0.4 is 10.5 Å². The molecule has 0 bridgehead atoms. The zero-order chi connectivity index (χ0) is 14.0. The van der Waals surface area contributed by atoms with Gasteiger partial charge in [0.2, 0.25) is 0 Å². The zero-order valence-corrected chi connectivity index (χ0v) is 12.1. The molecule has 7 heteroatoms. The summed E-state index contributed by atoms with van der Waals surface area (Å²) in [5.41, 5.74) is 8.74. The van der Waals surface area contributed by atoms with Crippen LogP contribution in [0.1, 0.15) is 17.0 Å². The first kappa shape index (κ1) is 13.5. The molecular formula is C12H15N5OS. The van der Waals surface area contributed by atoms with E-state index in [1.807, 2.05) is 20.8 Å². The Kier molecular flexibility index (Phi) is 3.84. The van der Waals surface area contributed by atoms with Gasteiger partial charge in [-0.25, -0.2) is 19.9 Å². The Morgan fingerprint density at radius 1 is 1.11 bits per heavy atom. The van der Waals surface area contributed by atoms with Crippen LogP contribution in [0.25, 0.3) is 0 Å². The molecule has 0 aliphatic carbocycles. The van der Waals surface area contributed by atoms with E-state index in [0.29, 0.717) is 21.7 Å². The fourth-order valence-electron chi connectivity index (χ4n) is 1.51. The van der Waals surface area contributed by atoms with Crippen LogP contribution >= 0.6 is 11.8 Å². The maximum Gasteiger partial charge on any atom is 0.194 e. The lowest BCUT2D eigenvalue weighted by Gasteiger charge is -2.09. The number of anilines is 1. The lowest BCUT2D eigenvalue weighted by Crippen LogP contribution is -2.01. The Bertz CT molecular complexity index is 594. The summed E-state index contributed by atoms with van der Waals surface area (Å²) in [7, 11) is 1.53. The number of aromatic nitrogens is 4. The number of hydrogen-bond donors (Lipinski definition) is 1. The van der Waals surface area contributed by atoms with Crippen LogP contribution in [-0.4, -0.2) is 27.0 Å². The second-order valence-corrected chi connectivity index (χ2v) is 4.96. The van der Waals surface area contributed by atoms with Crippen molar-refractivity contribution in [3.63, 3.8) is 0 Å². The van der Waals surface area contributed by atoms with Crippen LogP contribution in [0, 0.1) is 20.8 Å². The van der Waals surface area contributed by atoms with Crippen molar-refractivity contribution < 1.29 is 4.74 Å². The van der Waals surface area contributed by atoms with Crippen LogP contribution in [0.5, 0.6) is 5.75 Å². The summed E-state index contributed by atoms with van der Waals surface area (Å²) in [4.78, 5) is 16.9. The highest BCUT2D eigenvalue weighted by Crippen LogP contribution is 2.34. The van der Waals surface area contributed by atoms with Crippen molar-refractivity contribution in [1.29, 1.82) is 0 Å². The first-order valence-corrected chi connectivity index (χ1v) is 6.48. The number of aryl methyl sites for hydroxylation is 2. The molecule has 0 saturated carbocycles. The van der Waals surface area contributed by atoms with Crippen LogP contribution in [0.2, 0.25) is 0 Å². The summed E-state index contributed by atoms with van der Waals surface area (Å²) in [5, 5.41) is 1.23. The number of nitrogen functional groups attached to an aromatic ring is 1. The third kappa shape index (κ3) is 2.76. The topological polar surface area (TPSA) is 86.8 Å². The van der Waals surface area contributed by atoms with Crippen LogP contribution in [-0.2, 0) is 0 Å². The molecule has 0 unspecified atom stereocenters. The highest BCUT2D eigenvalue weighted by molar-refractivity contribution is 7.99. The molecule has 0 radical (unpaired) electrons. The van der Waals surface area contributed by atoms with Crippen molar-refractivity contribution in [3.8, 4) is 5.75 Å². The van der Waals surface area contributed by atoms with E-state index in [1.165, 1.54) is 25.2 Å². The van der Waals surface area contributed by atoms with Gasteiger partial charge in [0.15, 0.2) is 21.7 Å². The minimum Gasteiger partial charge on any atom is -0.490 e. The molecule has 0 amide bonds. The van der Waals surface area contributed by atoms with Gasteiger partial charge in [0.05, 0.1) is 7.11 Å². The molecule has 0 fully saturated rings. The normalized spacial score (nSPS) is 10.5. The van der Waals surface area contributed by atoms with E-state index in [1.54, 1.807) is 0 Å². The Labute approximate surface area is 115 Å². The summed E-state index contributed by atoms with van der Waals surface area (Å²) < 4.78 is 5.21. The smallest absolute Gasteiger partial charge is 0.194 e. The second-order valence-electron chi connectivity index (χ2n) is 4.00. The highest BCUT2D eigenvalue weighted by Gasteiger charge is 2.14. The zero-order valence-electron chi connectivity index (χ0n) is 11.3. The second kappa shape index (κ2) is 5.40. The molecule has 0 atom stereocenters. The fraction of sp³-hybridized carbons (Fsp3) is 0.333. The molecule has 0 aromatic carbocycles. The van der Waals surface area contributed by atoms with E-state index in [0.717, 1.165) is 17.0 Å². The Hall–Kier alpha value is -1.89. The van der Waals surface area contributed by atoms with Crippen molar-refractivity contribution in [2.24, 2.45) is 0 Å². The summed E-state index contributed by atoms with van der Waals surface area (Å²) in [6.07, 6.45) is 1.40. The van der Waals surface area contributed by atoms with Crippen LogP contribution in [0.4, 0.5) is 5.82 Å². The van der Waals surface area contributed by atoms with E-state index in [4.69, 9.17) is 10.5 Å². The van der Waals surface area contributed by atoms with Gasteiger partial charge < -0.3 is 10.5 Å². The maximum absolute atomic E-state index is 5.74. The summed E-state index contributed by atoms with van der Waals surface area (Å²) >= 11 is 1.31. The van der Waals surface area contributed by atoms with Crippen molar-refractivity contribution >= 4 is 17.6 Å². The number of nitrogens with two attached hydrogens (primary N) is 1. The molecule has 0 aliphatic heterocycles. The lowest BCUT2D eigenvalue weighted by molar-refractivity contribution is 0.401. The molecule has 2 N–H and O–H groups in total. The predicted octanol–water partition coefficient (Wildman–Crippen LogP) is 1.93. The van der Waals surface area contributed by atoms with Gasteiger partial charge in [-0.15, -0.1) is 0 Å². The average Bonchev–Trinajstić information content (AvgIpc) is 2.36.